The summed E-state index contributed by atoms with van der Waals surface area (Å²) in [5.74, 6) is 0. The van der Waals surface area contributed by atoms with Crippen LogP contribution in [0.25, 0.3) is 11.1 Å². The molecule has 0 atom stereocenters. The molecule has 3 nitrogen and oxygen atoms in total. The van der Waals surface area contributed by atoms with Crippen LogP contribution in [0, 0.1) is 0 Å². The van der Waals surface area contributed by atoms with Crippen molar-refractivity contribution in [1.29, 1.82) is 0 Å². The number of carbonyl (C=O) groups excluding carboxylic acids is 1. The summed E-state index contributed by atoms with van der Waals surface area (Å²) in [6, 6.07) is 16.2. The average Bonchev–Trinajstić information content (AvgIpc) is 2.45. The summed E-state index contributed by atoms with van der Waals surface area (Å²) in [5, 5.41) is 2.77. The maximum atomic E-state index is 11.8. The van der Waals surface area contributed by atoms with E-state index >= 15 is 0 Å². The van der Waals surface area contributed by atoms with E-state index in [4.69, 9.17) is 4.74 Å². The number of rotatable bonds is 3. The van der Waals surface area contributed by atoms with E-state index in [-0.39, 0.29) is 0 Å². The van der Waals surface area contributed by atoms with E-state index in [0.717, 1.165) is 23.2 Å². The fraction of sp³-hybridized carbons (Fsp3) is 0.316. The van der Waals surface area contributed by atoms with Crippen LogP contribution in [-0.2, 0) is 11.2 Å². The molecule has 0 aromatic heterocycles. The van der Waals surface area contributed by atoms with Gasteiger partial charge in [0.05, 0.1) is 0 Å². The number of amides is 1. The number of hydrogen-bond acceptors (Lipinski definition) is 2. The van der Waals surface area contributed by atoms with Gasteiger partial charge in [0.15, 0.2) is 0 Å². The van der Waals surface area contributed by atoms with Gasteiger partial charge in [-0.15, -0.1) is 0 Å². The van der Waals surface area contributed by atoms with Crippen molar-refractivity contribution in [3.63, 3.8) is 0 Å². The van der Waals surface area contributed by atoms with Gasteiger partial charge in [-0.25, -0.2) is 4.79 Å². The third-order valence-corrected chi connectivity index (χ3v) is 3.20. The smallest absolute Gasteiger partial charge is 0.412 e. The van der Waals surface area contributed by atoms with Crippen molar-refractivity contribution in [1.82, 2.24) is 0 Å². The molecule has 0 saturated carbocycles. The molecule has 0 aliphatic carbocycles. The largest absolute Gasteiger partial charge is 0.444 e. The Morgan fingerprint density at radius 3 is 2.32 bits per heavy atom. The van der Waals surface area contributed by atoms with Crippen LogP contribution in [-0.4, -0.2) is 11.7 Å². The van der Waals surface area contributed by atoms with Gasteiger partial charge >= 0.3 is 6.09 Å². The molecule has 0 aliphatic heterocycles. The lowest BCUT2D eigenvalue weighted by Crippen LogP contribution is -2.27. The molecule has 1 amide bonds. The van der Waals surface area contributed by atoms with Gasteiger partial charge in [0.2, 0.25) is 0 Å². The molecule has 0 unspecified atom stereocenters. The molecular weight excluding hydrogens is 274 g/mol. The number of carbonyl (C=O) groups is 1. The monoisotopic (exact) mass is 297 g/mol. The summed E-state index contributed by atoms with van der Waals surface area (Å²) in [6.07, 6.45) is 0.589. The predicted molar refractivity (Wildman–Crippen MR) is 91.1 cm³/mol. The van der Waals surface area contributed by atoms with E-state index in [2.05, 4.69) is 36.5 Å². The average molecular weight is 297 g/mol. The molecule has 0 heterocycles. The summed E-state index contributed by atoms with van der Waals surface area (Å²) >= 11 is 0. The van der Waals surface area contributed by atoms with Crippen LogP contribution in [0.5, 0.6) is 0 Å². The van der Waals surface area contributed by atoms with Crippen molar-refractivity contribution in [2.24, 2.45) is 0 Å². The molecular formula is C19H23NO2. The lowest BCUT2D eigenvalue weighted by molar-refractivity contribution is 0.0636. The number of hydrogen-bond donors (Lipinski definition) is 1. The van der Waals surface area contributed by atoms with Crippen molar-refractivity contribution in [3.8, 4) is 11.1 Å². The Bertz CT molecular complexity index is 639. The Balaban J connectivity index is 2.14. The fourth-order valence-corrected chi connectivity index (χ4v) is 2.13. The van der Waals surface area contributed by atoms with Crippen molar-refractivity contribution >= 4 is 11.8 Å². The minimum absolute atomic E-state index is 0.439. The first-order valence-electron chi connectivity index (χ1n) is 7.57. The van der Waals surface area contributed by atoms with E-state index < -0.39 is 11.7 Å². The van der Waals surface area contributed by atoms with Gasteiger partial charge in [0.25, 0.3) is 0 Å². The molecule has 0 aliphatic rings. The highest BCUT2D eigenvalue weighted by molar-refractivity contribution is 5.86. The highest BCUT2D eigenvalue weighted by Gasteiger charge is 2.16. The maximum Gasteiger partial charge on any atom is 0.412 e. The van der Waals surface area contributed by atoms with Crippen molar-refractivity contribution in [2.45, 2.75) is 39.7 Å². The van der Waals surface area contributed by atoms with Crippen LogP contribution >= 0.6 is 0 Å². The topological polar surface area (TPSA) is 38.3 Å². The summed E-state index contributed by atoms with van der Waals surface area (Å²) in [5.41, 5.74) is 3.73. The summed E-state index contributed by atoms with van der Waals surface area (Å²) in [6.45, 7) is 7.68. The molecule has 116 valence electrons. The zero-order valence-electron chi connectivity index (χ0n) is 13.6. The maximum absolute atomic E-state index is 11.8. The molecule has 0 saturated heterocycles. The van der Waals surface area contributed by atoms with Crippen molar-refractivity contribution in [3.05, 3.63) is 54.1 Å². The third-order valence-electron chi connectivity index (χ3n) is 3.20. The van der Waals surface area contributed by atoms with Gasteiger partial charge in [-0.1, -0.05) is 43.3 Å². The molecule has 0 bridgehead atoms. The fourth-order valence-electron chi connectivity index (χ4n) is 2.13. The zero-order chi connectivity index (χ0) is 16.2. The highest BCUT2D eigenvalue weighted by atomic mass is 16.6. The van der Waals surface area contributed by atoms with Crippen LogP contribution in [0.3, 0.4) is 0 Å². The first-order valence-corrected chi connectivity index (χ1v) is 7.57. The first kappa shape index (κ1) is 16.1. The SMILES string of the molecule is CCc1ccc(-c2cccc(NC(=O)OC(C)(C)C)c2)cc1. The molecule has 2 aromatic rings. The Morgan fingerprint density at radius 2 is 1.73 bits per heavy atom. The highest BCUT2D eigenvalue weighted by Crippen LogP contribution is 2.23. The van der Waals surface area contributed by atoms with E-state index in [0.29, 0.717) is 0 Å². The summed E-state index contributed by atoms with van der Waals surface area (Å²) < 4.78 is 5.27. The molecule has 0 radical (unpaired) electrons. The van der Waals surface area contributed by atoms with E-state index in [9.17, 15) is 4.79 Å². The molecule has 1 N–H and O–H groups in total. The number of ether oxygens (including phenoxy) is 1. The van der Waals surface area contributed by atoms with Crippen LogP contribution in [0.2, 0.25) is 0 Å². The van der Waals surface area contributed by atoms with Gasteiger partial charge in [-0.2, -0.15) is 0 Å². The number of benzene rings is 2. The van der Waals surface area contributed by atoms with E-state index in [1.165, 1.54) is 5.56 Å². The summed E-state index contributed by atoms with van der Waals surface area (Å²) in [4.78, 5) is 11.8. The predicted octanol–water partition coefficient (Wildman–Crippen LogP) is 5.26. The Kier molecular flexibility index (Phi) is 4.86. The lowest BCUT2D eigenvalue weighted by atomic mass is 10.0. The van der Waals surface area contributed by atoms with Gasteiger partial charge in [-0.3, -0.25) is 5.32 Å². The normalized spacial score (nSPS) is 11.1. The second-order valence-electron chi connectivity index (χ2n) is 6.26. The first-order chi connectivity index (χ1) is 10.4. The van der Waals surface area contributed by atoms with Crippen molar-refractivity contribution < 1.29 is 9.53 Å². The zero-order valence-corrected chi connectivity index (χ0v) is 13.6. The second-order valence-corrected chi connectivity index (χ2v) is 6.26. The number of nitrogens with one attached hydrogen (secondary N) is 1. The standard InChI is InChI=1S/C19H23NO2/c1-5-14-9-11-15(12-10-14)16-7-6-8-17(13-16)20-18(21)22-19(2,3)4/h6-13H,5H2,1-4H3,(H,20,21). The molecule has 22 heavy (non-hydrogen) atoms. The lowest BCUT2D eigenvalue weighted by Gasteiger charge is -2.19. The van der Waals surface area contributed by atoms with Crippen LogP contribution in [0.1, 0.15) is 33.3 Å². The molecule has 2 aromatic carbocycles. The molecule has 0 spiro atoms. The quantitative estimate of drug-likeness (QED) is 0.838. The minimum Gasteiger partial charge on any atom is -0.444 e. The Labute approximate surface area is 132 Å². The minimum atomic E-state index is -0.502. The number of anilines is 1. The molecule has 0 fully saturated rings. The summed E-state index contributed by atoms with van der Waals surface area (Å²) in [7, 11) is 0. The van der Waals surface area contributed by atoms with Gasteiger partial charge in [0.1, 0.15) is 5.60 Å². The van der Waals surface area contributed by atoms with Gasteiger partial charge < -0.3 is 4.74 Å². The van der Waals surface area contributed by atoms with Crippen LogP contribution in [0.15, 0.2) is 48.5 Å². The molecule has 3 heteroatoms. The third kappa shape index (κ3) is 4.62. The van der Waals surface area contributed by atoms with E-state index in [1.54, 1.807) is 0 Å². The Hall–Kier alpha value is -2.29. The van der Waals surface area contributed by atoms with E-state index in [1.807, 2.05) is 45.0 Å². The number of aryl methyl sites for hydroxylation is 1. The van der Waals surface area contributed by atoms with Crippen LogP contribution in [0.4, 0.5) is 10.5 Å². The second kappa shape index (κ2) is 6.65. The Morgan fingerprint density at radius 1 is 1.05 bits per heavy atom. The van der Waals surface area contributed by atoms with Crippen LogP contribution < -0.4 is 5.32 Å². The van der Waals surface area contributed by atoms with Crippen molar-refractivity contribution in [2.75, 3.05) is 5.32 Å². The molecule has 2 rings (SSSR count). The van der Waals surface area contributed by atoms with Gasteiger partial charge in [0, 0.05) is 5.69 Å². The van der Waals surface area contributed by atoms with Gasteiger partial charge in [-0.05, 0) is 56.0 Å².